The van der Waals surface area contributed by atoms with E-state index in [1.807, 2.05) is 36.0 Å². The van der Waals surface area contributed by atoms with Crippen molar-refractivity contribution in [2.75, 3.05) is 11.5 Å². The molecule has 10 heteroatoms. The lowest BCUT2D eigenvalue weighted by Gasteiger charge is -2.25. The molecule has 3 amide bonds. The number of primary amides is 1. The van der Waals surface area contributed by atoms with Crippen LogP contribution in [-0.2, 0) is 4.79 Å². The zero-order valence-corrected chi connectivity index (χ0v) is 17.1. The van der Waals surface area contributed by atoms with Gasteiger partial charge in [0.05, 0.1) is 29.4 Å². The Bertz CT molecular complexity index is 1150. The van der Waals surface area contributed by atoms with Gasteiger partial charge in [-0.3, -0.25) is 4.79 Å². The minimum Gasteiger partial charge on any atom is -0.382 e. The molecule has 4 unspecified atom stereocenters. The van der Waals surface area contributed by atoms with Gasteiger partial charge in [0, 0.05) is 28.9 Å². The van der Waals surface area contributed by atoms with E-state index in [-0.39, 0.29) is 41.7 Å². The second kappa shape index (κ2) is 7.35. The number of para-hydroxylation sites is 1. The number of nitrogens with two attached hydrogens (primary N) is 2. The standard InChI is InChI=1S/C20H23N7O2S/c21-15(28)6-5-10(7-14-16-13(8-30-14)25-20(29)26-16)27-9-23-17-18(27)11-3-1-2-4-12(11)24-19(17)22/h1-4,9-10,13-14,16H,5-8H2,(H2,21,28)(H2,22,24)(H2,25,26,29). The number of hydrogen-bond acceptors (Lipinski definition) is 6. The topological polar surface area (TPSA) is 141 Å². The van der Waals surface area contributed by atoms with E-state index in [0.29, 0.717) is 17.8 Å². The van der Waals surface area contributed by atoms with Gasteiger partial charge in [-0.15, -0.1) is 0 Å². The molecule has 2 aliphatic heterocycles. The first kappa shape index (κ1) is 19.0. The molecule has 2 fully saturated rings. The van der Waals surface area contributed by atoms with Crippen molar-refractivity contribution in [1.29, 1.82) is 0 Å². The van der Waals surface area contributed by atoms with E-state index in [4.69, 9.17) is 11.5 Å². The first-order valence-electron chi connectivity index (χ1n) is 9.99. The Morgan fingerprint density at radius 2 is 2.17 bits per heavy atom. The van der Waals surface area contributed by atoms with Crippen LogP contribution in [0.15, 0.2) is 30.6 Å². The van der Waals surface area contributed by atoms with Crippen LogP contribution in [0.2, 0.25) is 0 Å². The molecule has 0 spiro atoms. The van der Waals surface area contributed by atoms with Gasteiger partial charge < -0.3 is 26.7 Å². The average molecular weight is 426 g/mol. The summed E-state index contributed by atoms with van der Waals surface area (Å²) in [5.74, 6) is 0.933. The van der Waals surface area contributed by atoms with Crippen LogP contribution >= 0.6 is 11.8 Å². The minimum absolute atomic E-state index is 0.0125. The monoisotopic (exact) mass is 425 g/mol. The lowest BCUT2D eigenvalue weighted by molar-refractivity contribution is -0.118. The van der Waals surface area contributed by atoms with E-state index in [2.05, 4.69) is 25.2 Å². The summed E-state index contributed by atoms with van der Waals surface area (Å²) >= 11 is 1.84. The first-order chi connectivity index (χ1) is 14.5. The number of carbonyl (C=O) groups excluding carboxylic acids is 2. The third-order valence-corrected chi connectivity index (χ3v) is 7.46. The summed E-state index contributed by atoms with van der Waals surface area (Å²) in [7, 11) is 0. The lowest BCUT2D eigenvalue weighted by atomic mass is 9.98. The summed E-state index contributed by atoms with van der Waals surface area (Å²) in [6.45, 7) is 0. The highest BCUT2D eigenvalue weighted by Crippen LogP contribution is 2.38. The molecule has 0 bridgehead atoms. The quantitative estimate of drug-likeness (QED) is 0.441. The molecule has 6 N–H and O–H groups in total. The summed E-state index contributed by atoms with van der Waals surface area (Å²) in [6.07, 6.45) is 3.43. The maximum absolute atomic E-state index is 11.8. The van der Waals surface area contributed by atoms with Crippen molar-refractivity contribution in [1.82, 2.24) is 25.2 Å². The highest BCUT2D eigenvalue weighted by molar-refractivity contribution is 8.00. The molecular weight excluding hydrogens is 402 g/mol. The molecule has 9 nitrogen and oxygen atoms in total. The van der Waals surface area contributed by atoms with Crippen LogP contribution in [0.5, 0.6) is 0 Å². The van der Waals surface area contributed by atoms with Gasteiger partial charge in [-0.1, -0.05) is 18.2 Å². The van der Waals surface area contributed by atoms with Gasteiger partial charge >= 0.3 is 6.03 Å². The van der Waals surface area contributed by atoms with Gasteiger partial charge in [0.25, 0.3) is 0 Å². The number of anilines is 1. The number of amides is 3. The molecule has 156 valence electrons. The molecule has 1 aromatic carbocycles. The van der Waals surface area contributed by atoms with Gasteiger partial charge in [-0.2, -0.15) is 11.8 Å². The van der Waals surface area contributed by atoms with Crippen LogP contribution in [0.1, 0.15) is 25.3 Å². The number of imidazole rings is 1. The molecule has 0 aliphatic carbocycles. The van der Waals surface area contributed by atoms with Crippen LogP contribution in [0.4, 0.5) is 10.6 Å². The molecule has 4 atom stereocenters. The number of rotatable bonds is 6. The number of fused-ring (bicyclic) bond motifs is 4. The van der Waals surface area contributed by atoms with E-state index in [9.17, 15) is 9.59 Å². The fourth-order valence-corrected chi connectivity index (χ4v) is 6.16. The van der Waals surface area contributed by atoms with Gasteiger partial charge in [-0.05, 0) is 18.9 Å². The van der Waals surface area contributed by atoms with Crippen molar-refractivity contribution in [3.63, 3.8) is 0 Å². The smallest absolute Gasteiger partial charge is 0.315 e. The number of hydrogen-bond donors (Lipinski definition) is 4. The Kier molecular flexibility index (Phi) is 4.65. The second-order valence-corrected chi connectivity index (χ2v) is 9.15. The van der Waals surface area contributed by atoms with Crippen molar-refractivity contribution < 1.29 is 9.59 Å². The van der Waals surface area contributed by atoms with E-state index < -0.39 is 0 Å². The zero-order chi connectivity index (χ0) is 20.8. The van der Waals surface area contributed by atoms with Crippen LogP contribution in [-0.4, -0.2) is 49.6 Å². The third-order valence-electron chi connectivity index (χ3n) is 6.00. The van der Waals surface area contributed by atoms with E-state index in [1.165, 1.54) is 0 Å². The number of nitrogen functional groups attached to an aromatic ring is 1. The molecule has 0 saturated carbocycles. The summed E-state index contributed by atoms with van der Waals surface area (Å²) in [6, 6.07) is 7.93. The Hall–Kier alpha value is -3.01. The maximum Gasteiger partial charge on any atom is 0.315 e. The SMILES string of the molecule is NC(=O)CCC(CC1SCC2NC(=O)NC21)n1cnc2c(N)nc3ccccc3c21. The van der Waals surface area contributed by atoms with Gasteiger partial charge in [0.15, 0.2) is 5.82 Å². The predicted octanol–water partition coefficient (Wildman–Crippen LogP) is 1.53. The molecule has 2 aliphatic rings. The number of pyridine rings is 1. The van der Waals surface area contributed by atoms with E-state index >= 15 is 0 Å². The number of thioether (sulfide) groups is 1. The molecule has 2 aromatic heterocycles. The van der Waals surface area contributed by atoms with Gasteiger partial charge in [0.1, 0.15) is 5.52 Å². The zero-order valence-electron chi connectivity index (χ0n) is 16.2. The Morgan fingerprint density at radius 3 is 3.00 bits per heavy atom. The number of aromatic nitrogens is 3. The van der Waals surface area contributed by atoms with Crippen LogP contribution in [0.25, 0.3) is 21.9 Å². The molecule has 4 heterocycles. The molecule has 30 heavy (non-hydrogen) atoms. The van der Waals surface area contributed by atoms with Crippen molar-refractivity contribution in [3.05, 3.63) is 30.6 Å². The highest BCUT2D eigenvalue weighted by atomic mass is 32.2. The second-order valence-electron chi connectivity index (χ2n) is 7.88. The third kappa shape index (κ3) is 3.20. The minimum atomic E-state index is -0.330. The van der Waals surface area contributed by atoms with E-state index in [0.717, 1.165) is 28.6 Å². The number of urea groups is 1. The average Bonchev–Trinajstić information content (AvgIpc) is 3.40. The van der Waals surface area contributed by atoms with Crippen LogP contribution in [0.3, 0.4) is 0 Å². The summed E-state index contributed by atoms with van der Waals surface area (Å²) in [5.41, 5.74) is 14.0. The summed E-state index contributed by atoms with van der Waals surface area (Å²) in [4.78, 5) is 32.3. The fraction of sp³-hybridized carbons (Fsp3) is 0.400. The summed E-state index contributed by atoms with van der Waals surface area (Å²) < 4.78 is 2.11. The number of nitrogens with zero attached hydrogens (tertiary/aromatic N) is 3. The van der Waals surface area contributed by atoms with E-state index in [1.54, 1.807) is 6.33 Å². The Labute approximate surface area is 177 Å². The molecular formula is C20H23N7O2S. The largest absolute Gasteiger partial charge is 0.382 e. The highest BCUT2D eigenvalue weighted by Gasteiger charge is 2.44. The number of benzene rings is 1. The molecule has 5 rings (SSSR count). The molecule has 3 aromatic rings. The van der Waals surface area contributed by atoms with Crippen molar-refractivity contribution >= 4 is 51.5 Å². The van der Waals surface area contributed by atoms with Gasteiger partial charge in [-0.25, -0.2) is 14.8 Å². The first-order valence-corrected chi connectivity index (χ1v) is 11.0. The van der Waals surface area contributed by atoms with Crippen LogP contribution < -0.4 is 22.1 Å². The Balaban J connectivity index is 1.55. The summed E-state index contributed by atoms with van der Waals surface area (Å²) in [5, 5.41) is 7.22. The van der Waals surface area contributed by atoms with Crippen molar-refractivity contribution in [3.8, 4) is 0 Å². The fourth-order valence-electron chi connectivity index (χ4n) is 4.59. The molecule has 0 radical (unpaired) electrons. The predicted molar refractivity (Wildman–Crippen MR) is 117 cm³/mol. The maximum atomic E-state index is 11.8. The lowest BCUT2D eigenvalue weighted by Crippen LogP contribution is -2.38. The number of nitrogens with one attached hydrogen (secondary N) is 2. The normalized spacial score (nSPS) is 24.0. The van der Waals surface area contributed by atoms with Gasteiger partial charge in [0.2, 0.25) is 5.91 Å². The molecule has 2 saturated heterocycles. The number of carbonyl (C=O) groups is 2. The van der Waals surface area contributed by atoms with Crippen molar-refractivity contribution in [2.24, 2.45) is 5.73 Å². The Morgan fingerprint density at radius 1 is 1.33 bits per heavy atom. The van der Waals surface area contributed by atoms with Crippen LogP contribution in [0, 0.1) is 0 Å². The van der Waals surface area contributed by atoms with Crippen molar-refractivity contribution in [2.45, 2.75) is 42.6 Å².